The van der Waals surface area contributed by atoms with Gasteiger partial charge in [0.25, 0.3) is 6.43 Å². The van der Waals surface area contributed by atoms with Crippen LogP contribution < -0.4 is 10.2 Å². The lowest BCUT2D eigenvalue weighted by molar-refractivity contribution is 0.151. The minimum atomic E-state index is -2.61. The molecule has 122 valence electrons. The lowest BCUT2D eigenvalue weighted by atomic mass is 10.1. The first-order valence-corrected chi connectivity index (χ1v) is 7.73. The molecule has 2 aromatic rings. The molecule has 0 radical (unpaired) electrons. The third-order valence-corrected chi connectivity index (χ3v) is 4.13. The molecule has 1 aliphatic heterocycles. The summed E-state index contributed by atoms with van der Waals surface area (Å²) in [7, 11) is 0. The summed E-state index contributed by atoms with van der Waals surface area (Å²) in [6.45, 7) is 1.65. The summed E-state index contributed by atoms with van der Waals surface area (Å²) in [5, 5.41) is 3.29. The van der Waals surface area contributed by atoms with Crippen molar-refractivity contribution in [3.05, 3.63) is 41.3 Å². The minimum absolute atomic E-state index is 0.0348. The number of piperidine rings is 1. The van der Waals surface area contributed by atoms with Gasteiger partial charge >= 0.3 is 0 Å². The highest BCUT2D eigenvalue weighted by Crippen LogP contribution is 2.28. The Balaban J connectivity index is 1.58. The molecule has 8 heteroatoms. The van der Waals surface area contributed by atoms with Gasteiger partial charge in [-0.2, -0.15) is 0 Å². The van der Waals surface area contributed by atoms with E-state index in [2.05, 4.69) is 25.2 Å². The maximum Gasteiger partial charge on any atom is 0.266 e. The maximum absolute atomic E-state index is 12.7. The monoisotopic (exact) mass is 339 g/mol. The average Bonchev–Trinajstić information content (AvgIpc) is 2.56. The summed E-state index contributed by atoms with van der Waals surface area (Å²) in [4.78, 5) is 14.6. The van der Waals surface area contributed by atoms with Crippen molar-refractivity contribution < 1.29 is 8.78 Å². The number of hydrogen-bond donors (Lipinski definition) is 1. The van der Waals surface area contributed by atoms with Gasteiger partial charge in [-0.05, 0) is 25.0 Å². The average molecular weight is 340 g/mol. The second kappa shape index (κ2) is 7.04. The number of nitrogens with one attached hydrogen (secondary N) is 1. The fourth-order valence-corrected chi connectivity index (χ4v) is 2.80. The van der Waals surface area contributed by atoms with Gasteiger partial charge < -0.3 is 10.2 Å². The highest BCUT2D eigenvalue weighted by atomic mass is 35.5. The van der Waals surface area contributed by atoms with E-state index in [0.29, 0.717) is 5.82 Å². The molecule has 0 atom stereocenters. The van der Waals surface area contributed by atoms with E-state index < -0.39 is 6.43 Å². The largest absolute Gasteiger partial charge is 0.367 e. The van der Waals surface area contributed by atoms with Gasteiger partial charge in [-0.3, -0.25) is 0 Å². The zero-order valence-electron chi connectivity index (χ0n) is 12.3. The van der Waals surface area contributed by atoms with Crippen LogP contribution in [0.4, 0.5) is 20.5 Å². The van der Waals surface area contributed by atoms with Crippen molar-refractivity contribution in [2.75, 3.05) is 23.3 Å². The molecule has 3 heterocycles. The van der Waals surface area contributed by atoms with Gasteiger partial charge in [0.15, 0.2) is 0 Å². The fraction of sp³-hybridized carbons (Fsp3) is 0.400. The molecule has 1 N–H and O–H groups in total. The Labute approximate surface area is 137 Å². The number of halogens is 3. The molecule has 5 nitrogen and oxygen atoms in total. The Morgan fingerprint density at radius 1 is 1.17 bits per heavy atom. The van der Waals surface area contributed by atoms with Crippen molar-refractivity contribution in [2.45, 2.75) is 25.3 Å². The van der Waals surface area contributed by atoms with E-state index in [4.69, 9.17) is 11.6 Å². The smallest absolute Gasteiger partial charge is 0.266 e. The van der Waals surface area contributed by atoms with Crippen LogP contribution in [-0.2, 0) is 0 Å². The van der Waals surface area contributed by atoms with Gasteiger partial charge in [-0.25, -0.2) is 23.7 Å². The first kappa shape index (κ1) is 15.9. The fourth-order valence-electron chi connectivity index (χ4n) is 2.57. The second-order valence-electron chi connectivity index (χ2n) is 5.35. The van der Waals surface area contributed by atoms with Gasteiger partial charge in [0.2, 0.25) is 5.95 Å². The molecule has 0 bridgehead atoms. The first-order chi connectivity index (χ1) is 11.1. The standard InChI is InChI=1S/C15H16ClF2N5/c16-12-8-13(21-9-11(12)14(17)18)22-10-2-6-23(7-3-10)15-19-4-1-5-20-15/h1,4-5,8-10,14H,2-3,6-7H2,(H,21,22). The third-order valence-electron chi connectivity index (χ3n) is 3.80. The molecule has 0 saturated carbocycles. The molecule has 1 fully saturated rings. The molecule has 0 aromatic carbocycles. The van der Waals surface area contributed by atoms with E-state index in [1.165, 1.54) is 6.07 Å². The van der Waals surface area contributed by atoms with E-state index in [-0.39, 0.29) is 16.6 Å². The Morgan fingerprint density at radius 3 is 2.48 bits per heavy atom. The van der Waals surface area contributed by atoms with E-state index in [1.807, 2.05) is 0 Å². The maximum atomic E-state index is 12.7. The van der Waals surface area contributed by atoms with Crippen LogP contribution >= 0.6 is 11.6 Å². The van der Waals surface area contributed by atoms with Gasteiger partial charge in [-0.15, -0.1) is 0 Å². The molecule has 1 saturated heterocycles. The topological polar surface area (TPSA) is 53.9 Å². The van der Waals surface area contributed by atoms with Gasteiger partial charge in [0.05, 0.1) is 10.6 Å². The number of anilines is 2. The van der Waals surface area contributed by atoms with Gasteiger partial charge in [0.1, 0.15) is 5.82 Å². The molecule has 0 spiro atoms. The summed E-state index contributed by atoms with van der Waals surface area (Å²) < 4.78 is 25.3. The quantitative estimate of drug-likeness (QED) is 0.923. The van der Waals surface area contributed by atoms with E-state index in [9.17, 15) is 8.78 Å². The number of aromatic nitrogens is 3. The molecule has 3 rings (SSSR count). The molecular formula is C15H16ClF2N5. The number of nitrogens with zero attached hydrogens (tertiary/aromatic N) is 4. The Bertz CT molecular complexity index is 648. The number of hydrogen-bond acceptors (Lipinski definition) is 5. The van der Waals surface area contributed by atoms with Crippen LogP contribution in [0, 0.1) is 0 Å². The molecule has 1 aliphatic rings. The van der Waals surface area contributed by atoms with Crippen LogP contribution in [-0.4, -0.2) is 34.1 Å². The van der Waals surface area contributed by atoms with E-state index >= 15 is 0 Å². The first-order valence-electron chi connectivity index (χ1n) is 7.35. The Morgan fingerprint density at radius 2 is 1.87 bits per heavy atom. The predicted molar refractivity (Wildman–Crippen MR) is 85.1 cm³/mol. The lowest BCUT2D eigenvalue weighted by Crippen LogP contribution is -2.40. The van der Waals surface area contributed by atoms with Crippen molar-refractivity contribution >= 4 is 23.4 Å². The highest BCUT2D eigenvalue weighted by molar-refractivity contribution is 6.31. The Hall–Kier alpha value is -2.02. The summed E-state index contributed by atoms with van der Waals surface area (Å²) in [5.74, 6) is 1.25. The predicted octanol–water partition coefficient (Wildman–Crippen LogP) is 3.54. The van der Waals surface area contributed by atoms with Crippen LogP contribution in [0.15, 0.2) is 30.7 Å². The SMILES string of the molecule is FC(F)c1cnc(NC2CCN(c3ncccn3)CC2)cc1Cl. The molecule has 0 unspecified atom stereocenters. The lowest BCUT2D eigenvalue weighted by Gasteiger charge is -2.32. The summed E-state index contributed by atoms with van der Waals surface area (Å²) in [6, 6.07) is 3.46. The minimum Gasteiger partial charge on any atom is -0.367 e. The van der Waals surface area contributed by atoms with Crippen molar-refractivity contribution in [1.82, 2.24) is 15.0 Å². The third kappa shape index (κ3) is 3.85. The normalized spacial score (nSPS) is 15.9. The van der Waals surface area contributed by atoms with Crippen LogP contribution in [0.5, 0.6) is 0 Å². The summed E-state index contributed by atoms with van der Waals surface area (Å²) in [6.07, 6.45) is 3.73. The molecule has 2 aromatic heterocycles. The highest BCUT2D eigenvalue weighted by Gasteiger charge is 2.21. The van der Waals surface area contributed by atoms with Crippen LogP contribution in [0.25, 0.3) is 0 Å². The van der Waals surface area contributed by atoms with Crippen molar-refractivity contribution in [1.29, 1.82) is 0 Å². The van der Waals surface area contributed by atoms with Crippen LogP contribution in [0.1, 0.15) is 24.8 Å². The summed E-state index contributed by atoms with van der Waals surface area (Å²) >= 11 is 5.86. The molecule has 0 amide bonds. The van der Waals surface area contributed by atoms with E-state index in [0.717, 1.165) is 38.1 Å². The van der Waals surface area contributed by atoms with E-state index in [1.54, 1.807) is 18.5 Å². The number of alkyl halides is 2. The second-order valence-corrected chi connectivity index (χ2v) is 5.75. The van der Waals surface area contributed by atoms with Gasteiger partial charge in [-0.1, -0.05) is 11.6 Å². The molecule has 23 heavy (non-hydrogen) atoms. The van der Waals surface area contributed by atoms with Crippen molar-refractivity contribution in [3.8, 4) is 0 Å². The van der Waals surface area contributed by atoms with Crippen molar-refractivity contribution in [2.24, 2.45) is 0 Å². The molecular weight excluding hydrogens is 324 g/mol. The van der Waals surface area contributed by atoms with Crippen LogP contribution in [0.3, 0.4) is 0 Å². The van der Waals surface area contributed by atoms with Crippen LogP contribution in [0.2, 0.25) is 5.02 Å². The van der Waals surface area contributed by atoms with Crippen molar-refractivity contribution in [3.63, 3.8) is 0 Å². The molecule has 0 aliphatic carbocycles. The zero-order chi connectivity index (χ0) is 16.2. The van der Waals surface area contributed by atoms with Gasteiger partial charge in [0, 0.05) is 37.7 Å². The summed E-state index contributed by atoms with van der Waals surface area (Å²) in [5.41, 5.74) is -0.242. The number of pyridine rings is 1. The zero-order valence-corrected chi connectivity index (χ0v) is 13.0. The Kier molecular flexibility index (Phi) is 4.85. The number of rotatable bonds is 4.